The minimum atomic E-state index is -0.00640. The van der Waals surface area contributed by atoms with Gasteiger partial charge in [0, 0.05) is 23.1 Å². The number of nitrogens with one attached hydrogen (secondary N) is 1. The number of benzene rings is 1. The van der Waals surface area contributed by atoms with Gasteiger partial charge in [0.2, 0.25) is 0 Å². The van der Waals surface area contributed by atoms with E-state index in [1.54, 1.807) is 6.92 Å². The number of ketones is 1. The van der Waals surface area contributed by atoms with E-state index in [1.165, 1.54) is 25.7 Å². The average Bonchev–Trinajstić information content (AvgIpc) is 3.10. The number of hydrogen-bond acceptors (Lipinski definition) is 4. The maximum atomic E-state index is 11.6. The molecule has 108 valence electrons. The number of fused-ring (bicyclic) bond motifs is 2. The maximum Gasteiger partial charge on any atom is 0.180 e. The van der Waals surface area contributed by atoms with Gasteiger partial charge < -0.3 is 0 Å². The highest BCUT2D eigenvalue weighted by Crippen LogP contribution is 2.39. The summed E-state index contributed by atoms with van der Waals surface area (Å²) in [4.78, 5) is 16.6. The molecule has 0 saturated heterocycles. The van der Waals surface area contributed by atoms with Crippen LogP contribution in [0.1, 0.15) is 48.7 Å². The molecule has 5 heteroatoms. The smallest absolute Gasteiger partial charge is 0.180 e. The van der Waals surface area contributed by atoms with Gasteiger partial charge in [0.1, 0.15) is 5.69 Å². The van der Waals surface area contributed by atoms with E-state index in [-0.39, 0.29) is 5.78 Å². The number of thioether (sulfide) groups is 1. The van der Waals surface area contributed by atoms with Crippen LogP contribution in [0.2, 0.25) is 0 Å². The molecule has 0 radical (unpaired) electrons. The van der Waals surface area contributed by atoms with Crippen LogP contribution in [0.15, 0.2) is 23.2 Å². The number of rotatable bonds is 2. The molecule has 1 N–H and O–H groups in total. The summed E-state index contributed by atoms with van der Waals surface area (Å²) >= 11 is 1.91. The van der Waals surface area contributed by atoms with Gasteiger partial charge in [0.25, 0.3) is 0 Å². The quantitative estimate of drug-likeness (QED) is 0.862. The van der Waals surface area contributed by atoms with Crippen LogP contribution in [0.25, 0.3) is 10.9 Å². The molecule has 2 aromatic rings. The van der Waals surface area contributed by atoms with Crippen molar-refractivity contribution < 1.29 is 4.79 Å². The minimum absolute atomic E-state index is 0.00640. The number of nitrogens with zero attached hydrogens (tertiary/aromatic N) is 2. The van der Waals surface area contributed by atoms with Crippen molar-refractivity contribution in [2.75, 3.05) is 0 Å². The van der Waals surface area contributed by atoms with Gasteiger partial charge in [0.05, 0.1) is 16.6 Å². The second kappa shape index (κ2) is 4.98. The van der Waals surface area contributed by atoms with Crippen molar-refractivity contribution in [2.45, 2.75) is 43.9 Å². The first-order valence-electron chi connectivity index (χ1n) is 7.46. The van der Waals surface area contributed by atoms with E-state index < -0.39 is 0 Å². The summed E-state index contributed by atoms with van der Waals surface area (Å²) in [6, 6.07) is 6.62. The van der Waals surface area contributed by atoms with Gasteiger partial charge in [-0.1, -0.05) is 18.9 Å². The van der Waals surface area contributed by atoms with Crippen LogP contribution in [0, 0.1) is 0 Å². The molecular weight excluding hydrogens is 282 g/mol. The topological polar surface area (TPSA) is 58.1 Å². The van der Waals surface area contributed by atoms with Gasteiger partial charge in [0.15, 0.2) is 5.78 Å². The van der Waals surface area contributed by atoms with Crippen molar-refractivity contribution in [3.05, 3.63) is 29.5 Å². The molecule has 1 aliphatic heterocycles. The maximum absolute atomic E-state index is 11.6. The molecule has 2 unspecified atom stereocenters. The van der Waals surface area contributed by atoms with Crippen LogP contribution in [0.3, 0.4) is 0 Å². The lowest BCUT2D eigenvalue weighted by atomic mass is 9.95. The molecule has 2 heterocycles. The lowest BCUT2D eigenvalue weighted by Gasteiger charge is -2.21. The largest absolute Gasteiger partial charge is 0.293 e. The summed E-state index contributed by atoms with van der Waals surface area (Å²) in [6.45, 7) is 1.55. The van der Waals surface area contributed by atoms with Gasteiger partial charge in [-0.15, -0.1) is 11.8 Å². The second-order valence-corrected chi connectivity index (χ2v) is 7.06. The van der Waals surface area contributed by atoms with Crippen molar-refractivity contribution in [3.8, 4) is 0 Å². The lowest BCUT2D eigenvalue weighted by Crippen LogP contribution is -2.21. The van der Waals surface area contributed by atoms with Crippen LogP contribution < -0.4 is 0 Å². The van der Waals surface area contributed by atoms with Crippen LogP contribution in [0.4, 0.5) is 0 Å². The van der Waals surface area contributed by atoms with Crippen LogP contribution >= 0.6 is 11.8 Å². The SMILES string of the molecule is CC(=O)c1n[nH]c2ccc(C3=NC4CCCCC4S3)cc12. The van der Waals surface area contributed by atoms with Crippen molar-refractivity contribution in [1.29, 1.82) is 0 Å². The summed E-state index contributed by atoms with van der Waals surface area (Å²) in [6.07, 6.45) is 5.11. The summed E-state index contributed by atoms with van der Waals surface area (Å²) in [5, 5.41) is 9.72. The Balaban J connectivity index is 1.74. The van der Waals surface area contributed by atoms with Crippen LogP contribution in [-0.2, 0) is 0 Å². The van der Waals surface area contributed by atoms with E-state index in [4.69, 9.17) is 4.99 Å². The number of carbonyl (C=O) groups is 1. The van der Waals surface area contributed by atoms with Crippen molar-refractivity contribution in [3.63, 3.8) is 0 Å². The summed E-state index contributed by atoms with van der Waals surface area (Å²) in [7, 11) is 0. The average molecular weight is 299 g/mol. The third-order valence-corrected chi connectivity index (χ3v) is 5.77. The molecule has 2 atom stereocenters. The highest BCUT2D eigenvalue weighted by Gasteiger charge is 2.32. The Labute approximate surface area is 127 Å². The van der Waals surface area contributed by atoms with Gasteiger partial charge in [-0.3, -0.25) is 14.9 Å². The molecule has 2 aliphatic rings. The fraction of sp³-hybridized carbons (Fsp3) is 0.438. The Morgan fingerprint density at radius 2 is 2.19 bits per heavy atom. The Bertz CT molecular complexity index is 749. The highest BCUT2D eigenvalue weighted by molar-refractivity contribution is 8.15. The zero-order valence-corrected chi connectivity index (χ0v) is 12.7. The number of aliphatic imine (C=N–C) groups is 1. The van der Waals surface area contributed by atoms with Crippen molar-refractivity contribution in [1.82, 2.24) is 10.2 Å². The fourth-order valence-corrected chi connectivity index (χ4v) is 4.63. The molecule has 1 fully saturated rings. The van der Waals surface area contributed by atoms with Crippen LogP contribution in [-0.4, -0.2) is 32.3 Å². The number of aromatic nitrogens is 2. The van der Waals surface area contributed by atoms with Gasteiger partial charge in [-0.2, -0.15) is 5.10 Å². The minimum Gasteiger partial charge on any atom is -0.293 e. The number of aromatic amines is 1. The number of Topliss-reactive ketones (excluding diaryl/α,β-unsaturated/α-hetero) is 1. The Kier molecular flexibility index (Phi) is 3.10. The molecule has 1 aromatic heterocycles. The highest BCUT2D eigenvalue weighted by atomic mass is 32.2. The predicted molar refractivity (Wildman–Crippen MR) is 86.3 cm³/mol. The van der Waals surface area contributed by atoms with E-state index in [1.807, 2.05) is 17.8 Å². The molecule has 1 aromatic carbocycles. The molecule has 4 nitrogen and oxygen atoms in total. The third kappa shape index (κ3) is 2.20. The normalized spacial score (nSPS) is 24.9. The Morgan fingerprint density at radius 3 is 3.00 bits per heavy atom. The second-order valence-electron chi connectivity index (χ2n) is 5.83. The number of hydrogen-bond donors (Lipinski definition) is 1. The first kappa shape index (κ1) is 13.1. The fourth-order valence-electron chi connectivity index (χ4n) is 3.24. The van der Waals surface area contributed by atoms with E-state index in [2.05, 4.69) is 22.3 Å². The monoisotopic (exact) mass is 299 g/mol. The zero-order valence-electron chi connectivity index (χ0n) is 11.9. The molecule has 1 aliphatic carbocycles. The van der Waals surface area contributed by atoms with Crippen LogP contribution in [0.5, 0.6) is 0 Å². The van der Waals surface area contributed by atoms with E-state index in [9.17, 15) is 4.79 Å². The Hall–Kier alpha value is -1.62. The predicted octanol–water partition coefficient (Wildman–Crippen LogP) is 3.57. The first-order valence-corrected chi connectivity index (χ1v) is 8.34. The summed E-state index contributed by atoms with van der Waals surface area (Å²) in [5.74, 6) is -0.00640. The first-order chi connectivity index (χ1) is 10.2. The van der Waals surface area contributed by atoms with Crippen molar-refractivity contribution >= 4 is 33.5 Å². The van der Waals surface area contributed by atoms with Crippen molar-refractivity contribution in [2.24, 2.45) is 4.99 Å². The van der Waals surface area contributed by atoms with Gasteiger partial charge in [-0.05, 0) is 25.0 Å². The standard InChI is InChI=1S/C16H17N3OS/c1-9(20)15-11-8-10(6-7-12(11)18-19-15)16-17-13-4-2-3-5-14(13)21-16/h6-8,13-14H,2-5H2,1H3,(H,18,19). The lowest BCUT2D eigenvalue weighted by molar-refractivity contribution is 0.101. The number of H-pyrrole nitrogens is 1. The molecule has 21 heavy (non-hydrogen) atoms. The molecule has 0 amide bonds. The summed E-state index contributed by atoms with van der Waals surface area (Å²) < 4.78 is 0. The molecular formula is C16H17N3OS. The molecule has 1 saturated carbocycles. The molecule has 0 bridgehead atoms. The van der Waals surface area contributed by atoms with E-state index in [0.29, 0.717) is 17.0 Å². The molecule has 4 rings (SSSR count). The third-order valence-electron chi connectivity index (χ3n) is 4.36. The Morgan fingerprint density at radius 1 is 1.33 bits per heavy atom. The van der Waals surface area contributed by atoms with E-state index in [0.717, 1.165) is 21.5 Å². The summed E-state index contributed by atoms with van der Waals surface area (Å²) in [5.41, 5.74) is 2.55. The molecule has 0 spiro atoms. The zero-order chi connectivity index (χ0) is 14.4. The van der Waals surface area contributed by atoms with E-state index >= 15 is 0 Å². The number of carbonyl (C=O) groups excluding carboxylic acids is 1. The van der Waals surface area contributed by atoms with Gasteiger partial charge in [-0.25, -0.2) is 0 Å². The van der Waals surface area contributed by atoms with Gasteiger partial charge >= 0.3 is 0 Å².